The molecular weight excluding hydrogens is 315 g/mol. The van der Waals surface area contributed by atoms with Crippen LogP contribution >= 0.6 is 22.6 Å². The number of nitriles is 1. The molecule has 0 saturated heterocycles. The summed E-state index contributed by atoms with van der Waals surface area (Å²) >= 11 is 2.22. The Morgan fingerprint density at radius 3 is 2.38 bits per heavy atom. The Labute approximate surface area is 106 Å². The topological polar surface area (TPSA) is 56.6 Å². The van der Waals surface area contributed by atoms with E-state index in [-0.39, 0.29) is 11.1 Å². The van der Waals surface area contributed by atoms with Crippen LogP contribution in [0.3, 0.4) is 0 Å². The SMILES string of the molecule is N#Cc1ccc(-c2ccc(I)cc2)[nH]c1=O. The molecule has 78 valence electrons. The van der Waals surface area contributed by atoms with E-state index in [4.69, 9.17) is 5.26 Å². The molecule has 1 aromatic carbocycles. The first-order chi connectivity index (χ1) is 7.70. The Kier molecular flexibility index (Phi) is 3.06. The molecule has 0 aliphatic rings. The highest BCUT2D eigenvalue weighted by Gasteiger charge is 2.01. The Morgan fingerprint density at radius 2 is 1.81 bits per heavy atom. The monoisotopic (exact) mass is 322 g/mol. The first-order valence-electron chi connectivity index (χ1n) is 4.60. The molecule has 16 heavy (non-hydrogen) atoms. The van der Waals surface area contributed by atoms with Gasteiger partial charge in [0.15, 0.2) is 0 Å². The van der Waals surface area contributed by atoms with E-state index in [9.17, 15) is 4.79 Å². The molecule has 0 aliphatic carbocycles. The van der Waals surface area contributed by atoms with Crippen LogP contribution in [0.4, 0.5) is 0 Å². The fourth-order valence-electron chi connectivity index (χ4n) is 1.36. The summed E-state index contributed by atoms with van der Waals surface area (Å²) in [4.78, 5) is 14.1. The summed E-state index contributed by atoms with van der Waals surface area (Å²) in [5.41, 5.74) is 1.44. The second-order valence-corrected chi connectivity index (χ2v) is 4.48. The van der Waals surface area contributed by atoms with E-state index < -0.39 is 0 Å². The maximum atomic E-state index is 11.4. The lowest BCUT2D eigenvalue weighted by atomic mass is 10.1. The van der Waals surface area contributed by atoms with E-state index in [1.54, 1.807) is 6.07 Å². The van der Waals surface area contributed by atoms with Gasteiger partial charge in [0.05, 0.1) is 0 Å². The highest BCUT2D eigenvalue weighted by atomic mass is 127. The van der Waals surface area contributed by atoms with Crippen LogP contribution in [-0.2, 0) is 0 Å². The number of aromatic nitrogens is 1. The van der Waals surface area contributed by atoms with Gasteiger partial charge in [0, 0.05) is 9.26 Å². The number of halogens is 1. The molecule has 0 bridgehead atoms. The van der Waals surface area contributed by atoms with Crippen molar-refractivity contribution in [2.24, 2.45) is 0 Å². The minimum absolute atomic E-state index is 0.134. The Hall–Kier alpha value is -1.61. The van der Waals surface area contributed by atoms with Gasteiger partial charge in [-0.3, -0.25) is 4.79 Å². The Balaban J connectivity index is 2.50. The van der Waals surface area contributed by atoms with Crippen LogP contribution < -0.4 is 5.56 Å². The average molecular weight is 322 g/mol. The summed E-state index contributed by atoms with van der Waals surface area (Å²) in [6.45, 7) is 0. The van der Waals surface area contributed by atoms with Crippen molar-refractivity contribution < 1.29 is 0 Å². The van der Waals surface area contributed by atoms with Gasteiger partial charge in [0.1, 0.15) is 11.6 Å². The zero-order valence-electron chi connectivity index (χ0n) is 8.20. The molecule has 2 rings (SSSR count). The molecule has 0 aliphatic heterocycles. The molecule has 1 heterocycles. The number of hydrogen-bond donors (Lipinski definition) is 1. The number of rotatable bonds is 1. The number of nitrogens with zero attached hydrogens (tertiary/aromatic N) is 1. The van der Waals surface area contributed by atoms with Crippen LogP contribution in [0.2, 0.25) is 0 Å². The van der Waals surface area contributed by atoms with Crippen LogP contribution in [-0.4, -0.2) is 4.98 Å². The van der Waals surface area contributed by atoms with Gasteiger partial charge >= 0.3 is 0 Å². The number of pyridine rings is 1. The quantitative estimate of drug-likeness (QED) is 0.820. The van der Waals surface area contributed by atoms with E-state index in [1.807, 2.05) is 30.3 Å². The minimum atomic E-state index is -0.349. The molecule has 0 fully saturated rings. The lowest BCUT2D eigenvalue weighted by Gasteiger charge is -2.01. The minimum Gasteiger partial charge on any atom is -0.321 e. The highest BCUT2D eigenvalue weighted by molar-refractivity contribution is 14.1. The second kappa shape index (κ2) is 4.49. The number of benzene rings is 1. The molecule has 0 radical (unpaired) electrons. The summed E-state index contributed by atoms with van der Waals surface area (Å²) in [5.74, 6) is 0. The van der Waals surface area contributed by atoms with Gasteiger partial charge in [-0.2, -0.15) is 5.26 Å². The Bertz CT molecular complexity index is 608. The molecular formula is C12H7IN2O. The normalized spacial score (nSPS) is 9.75. The largest absolute Gasteiger partial charge is 0.321 e. The van der Waals surface area contributed by atoms with E-state index in [0.29, 0.717) is 0 Å². The first-order valence-corrected chi connectivity index (χ1v) is 5.68. The van der Waals surface area contributed by atoms with Crippen molar-refractivity contribution >= 4 is 22.6 Å². The summed E-state index contributed by atoms with van der Waals surface area (Å²) in [5, 5.41) is 8.65. The third kappa shape index (κ3) is 2.14. The van der Waals surface area contributed by atoms with Crippen molar-refractivity contribution in [2.45, 2.75) is 0 Å². The molecule has 0 spiro atoms. The lowest BCUT2D eigenvalue weighted by Crippen LogP contribution is -2.09. The van der Waals surface area contributed by atoms with Gasteiger partial charge in [-0.1, -0.05) is 12.1 Å². The molecule has 1 N–H and O–H groups in total. The number of nitrogens with one attached hydrogen (secondary N) is 1. The smallest absolute Gasteiger partial charge is 0.266 e. The van der Waals surface area contributed by atoms with Crippen LogP contribution in [0.5, 0.6) is 0 Å². The molecule has 0 amide bonds. The molecule has 0 atom stereocenters. The van der Waals surface area contributed by atoms with Gasteiger partial charge in [0.2, 0.25) is 0 Å². The summed E-state index contributed by atoms with van der Waals surface area (Å²) in [6.07, 6.45) is 0. The predicted octanol–water partition coefficient (Wildman–Crippen LogP) is 2.52. The fraction of sp³-hybridized carbons (Fsp3) is 0. The van der Waals surface area contributed by atoms with Crippen molar-refractivity contribution in [1.29, 1.82) is 5.26 Å². The van der Waals surface area contributed by atoms with Crippen molar-refractivity contribution in [1.82, 2.24) is 4.98 Å². The maximum absolute atomic E-state index is 11.4. The fourth-order valence-corrected chi connectivity index (χ4v) is 1.72. The van der Waals surface area contributed by atoms with Gasteiger partial charge < -0.3 is 4.98 Å². The number of aromatic amines is 1. The third-order valence-electron chi connectivity index (χ3n) is 2.19. The third-order valence-corrected chi connectivity index (χ3v) is 2.90. The van der Waals surface area contributed by atoms with Crippen LogP contribution in [0, 0.1) is 14.9 Å². The van der Waals surface area contributed by atoms with Crippen molar-refractivity contribution in [3.8, 4) is 17.3 Å². The van der Waals surface area contributed by atoms with Gasteiger partial charge in [-0.25, -0.2) is 0 Å². The van der Waals surface area contributed by atoms with Crippen LogP contribution in [0.25, 0.3) is 11.3 Å². The maximum Gasteiger partial charge on any atom is 0.266 e. The number of hydrogen-bond acceptors (Lipinski definition) is 2. The van der Waals surface area contributed by atoms with Gasteiger partial charge in [-0.15, -0.1) is 0 Å². The van der Waals surface area contributed by atoms with E-state index in [1.165, 1.54) is 6.07 Å². The molecule has 1 aromatic heterocycles. The molecule has 3 nitrogen and oxygen atoms in total. The van der Waals surface area contributed by atoms with Crippen molar-refractivity contribution in [3.05, 3.63) is 55.9 Å². The summed E-state index contributed by atoms with van der Waals surface area (Å²) < 4.78 is 1.14. The summed E-state index contributed by atoms with van der Waals surface area (Å²) in [7, 11) is 0. The average Bonchev–Trinajstić information content (AvgIpc) is 2.30. The van der Waals surface area contributed by atoms with Gasteiger partial charge in [-0.05, 0) is 52.4 Å². The predicted molar refractivity (Wildman–Crippen MR) is 69.9 cm³/mol. The standard InChI is InChI=1S/C12H7IN2O/c13-10-4-1-8(2-5-10)11-6-3-9(7-14)12(16)15-11/h1-6H,(H,15,16). The van der Waals surface area contributed by atoms with Crippen LogP contribution in [0.1, 0.15) is 5.56 Å². The lowest BCUT2D eigenvalue weighted by molar-refractivity contribution is 1.22. The zero-order chi connectivity index (χ0) is 11.5. The number of H-pyrrole nitrogens is 1. The molecule has 0 unspecified atom stereocenters. The second-order valence-electron chi connectivity index (χ2n) is 3.23. The zero-order valence-corrected chi connectivity index (χ0v) is 10.4. The van der Waals surface area contributed by atoms with E-state index in [0.717, 1.165) is 14.8 Å². The summed E-state index contributed by atoms with van der Waals surface area (Å²) in [6, 6.07) is 12.9. The molecule has 4 heteroatoms. The van der Waals surface area contributed by atoms with E-state index >= 15 is 0 Å². The van der Waals surface area contributed by atoms with Crippen molar-refractivity contribution in [3.63, 3.8) is 0 Å². The van der Waals surface area contributed by atoms with Crippen molar-refractivity contribution in [2.75, 3.05) is 0 Å². The van der Waals surface area contributed by atoms with E-state index in [2.05, 4.69) is 27.6 Å². The highest BCUT2D eigenvalue weighted by Crippen LogP contribution is 2.17. The molecule has 2 aromatic rings. The van der Waals surface area contributed by atoms with Crippen LogP contribution in [0.15, 0.2) is 41.2 Å². The first kappa shape index (κ1) is 10.9. The van der Waals surface area contributed by atoms with Gasteiger partial charge in [0.25, 0.3) is 5.56 Å². The molecule has 0 saturated carbocycles. The Morgan fingerprint density at radius 1 is 1.12 bits per heavy atom.